The lowest BCUT2D eigenvalue weighted by Gasteiger charge is -2.16. The topological polar surface area (TPSA) is 62.6 Å². The monoisotopic (exact) mass is 410 g/mol. The Kier molecular flexibility index (Phi) is 4.34. The first-order chi connectivity index (χ1) is 12.6. The summed E-state index contributed by atoms with van der Waals surface area (Å²) < 4.78 is 5.92. The van der Waals surface area contributed by atoms with Gasteiger partial charge in [0.15, 0.2) is 0 Å². The Hall–Kier alpha value is -2.86. The van der Waals surface area contributed by atoms with Crippen molar-refractivity contribution in [3.63, 3.8) is 0 Å². The van der Waals surface area contributed by atoms with E-state index in [9.17, 15) is 9.59 Å². The second-order valence-corrected chi connectivity index (χ2v) is 6.94. The molecular weight excluding hydrogens is 396 g/mol. The zero-order valence-corrected chi connectivity index (χ0v) is 15.3. The van der Waals surface area contributed by atoms with Crippen LogP contribution in [-0.4, -0.2) is 18.4 Å². The van der Waals surface area contributed by atoms with E-state index >= 15 is 0 Å². The van der Waals surface area contributed by atoms with Gasteiger partial charge in [-0.15, -0.1) is 0 Å². The van der Waals surface area contributed by atoms with Crippen LogP contribution in [0.25, 0.3) is 0 Å². The van der Waals surface area contributed by atoms with Crippen molar-refractivity contribution in [1.29, 1.82) is 0 Å². The number of rotatable bonds is 3. The summed E-state index contributed by atoms with van der Waals surface area (Å²) in [5.41, 5.74) is 3.75. The molecule has 0 saturated heterocycles. The number of furan rings is 1. The minimum atomic E-state index is -0.165. The van der Waals surface area contributed by atoms with Gasteiger partial charge in [-0.25, -0.2) is 0 Å². The zero-order valence-electron chi connectivity index (χ0n) is 13.7. The number of halogens is 1. The third-order valence-electron chi connectivity index (χ3n) is 4.35. The molecule has 0 bridgehead atoms. The van der Waals surface area contributed by atoms with Crippen LogP contribution in [-0.2, 0) is 6.42 Å². The standard InChI is InChI=1S/C20H15BrN2O3/c21-16-3-1-13(2-4-16)19(24)22-17-5-6-18-14(11-17)7-9-23(18)20(25)15-8-10-26-12-15/h1-6,8,10-12H,7,9H2,(H,22,24). The molecule has 0 unspecified atom stereocenters. The van der Waals surface area contributed by atoms with Gasteiger partial charge >= 0.3 is 0 Å². The van der Waals surface area contributed by atoms with Gasteiger partial charge in [0.1, 0.15) is 6.26 Å². The molecule has 0 atom stereocenters. The van der Waals surface area contributed by atoms with Crippen molar-refractivity contribution >= 4 is 39.1 Å². The van der Waals surface area contributed by atoms with Gasteiger partial charge in [-0.3, -0.25) is 9.59 Å². The molecule has 1 aliphatic heterocycles. The first-order valence-corrected chi connectivity index (χ1v) is 8.95. The number of nitrogens with zero attached hydrogens (tertiary/aromatic N) is 1. The molecule has 1 aliphatic rings. The lowest BCUT2D eigenvalue weighted by molar-refractivity contribution is 0.0987. The first kappa shape index (κ1) is 16.6. The lowest BCUT2D eigenvalue weighted by Crippen LogP contribution is -2.28. The fraction of sp³-hybridized carbons (Fsp3) is 0.100. The van der Waals surface area contributed by atoms with Gasteiger partial charge in [-0.05, 0) is 60.5 Å². The van der Waals surface area contributed by atoms with Crippen LogP contribution in [0.5, 0.6) is 0 Å². The van der Waals surface area contributed by atoms with E-state index in [2.05, 4.69) is 21.2 Å². The lowest BCUT2D eigenvalue weighted by atomic mass is 10.1. The van der Waals surface area contributed by atoms with Crippen molar-refractivity contribution in [3.8, 4) is 0 Å². The SMILES string of the molecule is O=C(Nc1ccc2c(c1)CCN2C(=O)c1ccoc1)c1ccc(Br)cc1. The number of fused-ring (bicyclic) bond motifs is 1. The van der Waals surface area contributed by atoms with E-state index in [-0.39, 0.29) is 11.8 Å². The molecule has 6 heteroatoms. The maximum absolute atomic E-state index is 12.5. The Morgan fingerprint density at radius 2 is 1.85 bits per heavy atom. The fourth-order valence-corrected chi connectivity index (χ4v) is 3.30. The number of amides is 2. The van der Waals surface area contributed by atoms with Gasteiger partial charge in [0.2, 0.25) is 0 Å². The number of anilines is 2. The molecular formula is C20H15BrN2O3. The summed E-state index contributed by atoms with van der Waals surface area (Å²) in [6.07, 6.45) is 3.69. The minimum absolute atomic E-state index is 0.0795. The Bertz CT molecular complexity index is 965. The molecule has 0 fully saturated rings. The van der Waals surface area contributed by atoms with Gasteiger partial charge < -0.3 is 14.6 Å². The largest absolute Gasteiger partial charge is 0.472 e. The Balaban J connectivity index is 1.52. The summed E-state index contributed by atoms with van der Waals surface area (Å²) in [5, 5.41) is 2.91. The predicted octanol–water partition coefficient (Wildman–Crippen LogP) is 4.50. The zero-order chi connectivity index (χ0) is 18.1. The smallest absolute Gasteiger partial charge is 0.261 e. The third-order valence-corrected chi connectivity index (χ3v) is 4.88. The van der Waals surface area contributed by atoms with Crippen molar-refractivity contribution < 1.29 is 14.0 Å². The number of benzene rings is 2. The summed E-state index contributed by atoms with van der Waals surface area (Å²) >= 11 is 3.36. The maximum atomic E-state index is 12.5. The molecule has 26 heavy (non-hydrogen) atoms. The minimum Gasteiger partial charge on any atom is -0.472 e. The van der Waals surface area contributed by atoms with Gasteiger partial charge in [-0.1, -0.05) is 15.9 Å². The van der Waals surface area contributed by atoms with Crippen LogP contribution < -0.4 is 10.2 Å². The van der Waals surface area contributed by atoms with Crippen LogP contribution in [0.2, 0.25) is 0 Å². The number of hydrogen-bond donors (Lipinski definition) is 1. The number of hydrogen-bond acceptors (Lipinski definition) is 3. The molecule has 0 aliphatic carbocycles. The molecule has 2 aromatic carbocycles. The summed E-state index contributed by atoms with van der Waals surface area (Å²) in [7, 11) is 0. The quantitative estimate of drug-likeness (QED) is 0.691. The van der Waals surface area contributed by atoms with E-state index in [0.717, 1.165) is 22.1 Å². The van der Waals surface area contributed by atoms with Crippen molar-refractivity contribution in [3.05, 3.63) is 82.2 Å². The van der Waals surface area contributed by atoms with Gasteiger partial charge in [0, 0.05) is 28.0 Å². The Morgan fingerprint density at radius 3 is 2.58 bits per heavy atom. The molecule has 4 rings (SSSR count). The first-order valence-electron chi connectivity index (χ1n) is 8.16. The highest BCUT2D eigenvalue weighted by Gasteiger charge is 2.26. The molecule has 2 heterocycles. The Morgan fingerprint density at radius 1 is 1.04 bits per heavy atom. The average Bonchev–Trinajstić information content (AvgIpc) is 3.31. The second-order valence-electron chi connectivity index (χ2n) is 6.02. The molecule has 130 valence electrons. The van der Waals surface area contributed by atoms with E-state index in [4.69, 9.17) is 4.42 Å². The summed E-state index contributed by atoms with van der Waals surface area (Å²) in [4.78, 5) is 26.6. The van der Waals surface area contributed by atoms with Crippen LogP contribution in [0, 0.1) is 0 Å². The molecule has 1 N–H and O–H groups in total. The highest BCUT2D eigenvalue weighted by atomic mass is 79.9. The summed E-state index contributed by atoms with van der Waals surface area (Å²) in [6, 6.07) is 14.5. The van der Waals surface area contributed by atoms with Crippen molar-refractivity contribution in [2.24, 2.45) is 0 Å². The molecule has 0 radical (unpaired) electrons. The van der Waals surface area contributed by atoms with Crippen LogP contribution in [0.15, 0.2) is 69.9 Å². The summed E-state index contributed by atoms with van der Waals surface area (Å²) in [6.45, 7) is 0.615. The number of nitrogens with one attached hydrogen (secondary N) is 1. The molecule has 0 spiro atoms. The van der Waals surface area contributed by atoms with Crippen LogP contribution >= 0.6 is 15.9 Å². The van der Waals surface area contributed by atoms with Gasteiger partial charge in [0.05, 0.1) is 11.8 Å². The van der Waals surface area contributed by atoms with Crippen LogP contribution in [0.1, 0.15) is 26.3 Å². The number of carbonyl (C=O) groups is 2. The molecule has 0 saturated carbocycles. The second kappa shape index (κ2) is 6.80. The highest BCUT2D eigenvalue weighted by Crippen LogP contribution is 2.31. The predicted molar refractivity (Wildman–Crippen MR) is 103 cm³/mol. The van der Waals surface area contributed by atoms with Crippen molar-refractivity contribution in [1.82, 2.24) is 0 Å². The number of carbonyl (C=O) groups excluding carboxylic acids is 2. The summed E-state index contributed by atoms with van der Waals surface area (Å²) in [5.74, 6) is -0.245. The molecule has 3 aromatic rings. The van der Waals surface area contributed by atoms with Crippen molar-refractivity contribution in [2.45, 2.75) is 6.42 Å². The van der Waals surface area contributed by atoms with Gasteiger partial charge in [-0.2, -0.15) is 0 Å². The maximum Gasteiger partial charge on any atom is 0.261 e. The normalized spacial score (nSPS) is 12.7. The molecule has 1 aromatic heterocycles. The van der Waals surface area contributed by atoms with E-state index in [1.807, 2.05) is 30.3 Å². The van der Waals surface area contributed by atoms with Crippen LogP contribution in [0.3, 0.4) is 0 Å². The van der Waals surface area contributed by atoms with E-state index in [1.165, 1.54) is 12.5 Å². The van der Waals surface area contributed by atoms with E-state index in [0.29, 0.717) is 23.4 Å². The molecule has 2 amide bonds. The van der Waals surface area contributed by atoms with Crippen molar-refractivity contribution in [2.75, 3.05) is 16.8 Å². The third kappa shape index (κ3) is 3.15. The fourth-order valence-electron chi connectivity index (χ4n) is 3.04. The van der Waals surface area contributed by atoms with Gasteiger partial charge in [0.25, 0.3) is 11.8 Å². The average molecular weight is 411 g/mol. The van der Waals surface area contributed by atoms with E-state index < -0.39 is 0 Å². The highest BCUT2D eigenvalue weighted by molar-refractivity contribution is 9.10. The van der Waals surface area contributed by atoms with E-state index in [1.54, 1.807) is 23.1 Å². The Labute approximate surface area is 158 Å². The molecule has 5 nitrogen and oxygen atoms in total. The van der Waals surface area contributed by atoms with Crippen LogP contribution in [0.4, 0.5) is 11.4 Å².